The summed E-state index contributed by atoms with van der Waals surface area (Å²) in [5.74, 6) is 1.70. The van der Waals surface area contributed by atoms with Gasteiger partial charge in [0.2, 0.25) is 6.79 Å². The summed E-state index contributed by atoms with van der Waals surface area (Å²) >= 11 is 3.63. The zero-order chi connectivity index (χ0) is 13.8. The normalized spacial score (nSPS) is 19.6. The number of ether oxygens (including phenoxy) is 2. The molecule has 0 amide bonds. The Morgan fingerprint density at radius 3 is 2.40 bits per heavy atom. The van der Waals surface area contributed by atoms with Gasteiger partial charge in [-0.2, -0.15) is 0 Å². The van der Waals surface area contributed by atoms with E-state index in [0.717, 1.165) is 22.5 Å². The predicted molar refractivity (Wildman–Crippen MR) is 83.2 cm³/mol. The van der Waals surface area contributed by atoms with Crippen LogP contribution in [0.15, 0.2) is 16.6 Å². The molecular weight excluding hydrogens is 318 g/mol. The minimum Gasteiger partial charge on any atom is -0.454 e. The molecule has 0 aromatic heterocycles. The fourth-order valence-corrected chi connectivity index (χ4v) is 3.47. The zero-order valence-corrected chi connectivity index (χ0v) is 13.4. The molecule has 110 valence electrons. The summed E-state index contributed by atoms with van der Waals surface area (Å²) < 4.78 is 11.9. The Balaban J connectivity index is 1.60. The highest BCUT2D eigenvalue weighted by Gasteiger charge is 2.17. The topological polar surface area (TPSA) is 30.5 Å². The van der Waals surface area contributed by atoms with Crippen molar-refractivity contribution in [1.29, 1.82) is 0 Å². The third-order valence-corrected chi connectivity index (χ3v) is 4.97. The lowest BCUT2D eigenvalue weighted by molar-refractivity contribution is 0.174. The van der Waals surface area contributed by atoms with E-state index in [4.69, 9.17) is 9.47 Å². The molecule has 1 aliphatic carbocycles. The number of hydrogen-bond donors (Lipinski definition) is 1. The van der Waals surface area contributed by atoms with Crippen molar-refractivity contribution < 1.29 is 9.47 Å². The van der Waals surface area contributed by atoms with Gasteiger partial charge >= 0.3 is 0 Å². The summed E-state index contributed by atoms with van der Waals surface area (Å²) in [5, 5.41) is 3.71. The second-order valence-corrected chi connectivity index (χ2v) is 6.57. The number of nitrogens with one attached hydrogen (secondary N) is 1. The van der Waals surface area contributed by atoms with Gasteiger partial charge < -0.3 is 14.8 Å². The lowest BCUT2D eigenvalue weighted by Crippen LogP contribution is -2.29. The third kappa shape index (κ3) is 3.47. The van der Waals surface area contributed by atoms with Crippen molar-refractivity contribution in [3.8, 4) is 11.5 Å². The molecule has 1 saturated carbocycles. The van der Waals surface area contributed by atoms with Gasteiger partial charge in [-0.3, -0.25) is 0 Å². The van der Waals surface area contributed by atoms with Crippen LogP contribution in [0.3, 0.4) is 0 Å². The van der Waals surface area contributed by atoms with Gasteiger partial charge in [-0.05, 0) is 30.5 Å². The summed E-state index contributed by atoms with van der Waals surface area (Å²) in [6, 6.07) is 4.76. The predicted octanol–water partition coefficient (Wildman–Crippen LogP) is 4.38. The van der Waals surface area contributed by atoms with Crippen molar-refractivity contribution in [2.24, 2.45) is 0 Å². The molecule has 0 radical (unpaired) electrons. The highest BCUT2D eigenvalue weighted by molar-refractivity contribution is 9.10. The van der Waals surface area contributed by atoms with Gasteiger partial charge in [0.05, 0.1) is 0 Å². The van der Waals surface area contributed by atoms with E-state index in [0.29, 0.717) is 12.8 Å². The van der Waals surface area contributed by atoms with Crippen LogP contribution in [0.1, 0.15) is 50.5 Å². The average Bonchev–Trinajstić information content (AvgIpc) is 2.84. The average molecular weight is 340 g/mol. The highest BCUT2D eigenvalue weighted by atomic mass is 79.9. The molecule has 4 heteroatoms. The van der Waals surface area contributed by atoms with E-state index in [1.165, 1.54) is 50.5 Å². The minimum absolute atomic E-state index is 0.335. The van der Waals surface area contributed by atoms with Gasteiger partial charge in [0.1, 0.15) is 0 Å². The molecular formula is C16H22BrNO2. The second kappa shape index (κ2) is 6.81. The van der Waals surface area contributed by atoms with Gasteiger partial charge in [-0.15, -0.1) is 0 Å². The molecule has 1 aromatic rings. The summed E-state index contributed by atoms with van der Waals surface area (Å²) in [5.41, 5.74) is 1.25. The van der Waals surface area contributed by atoms with Crippen LogP contribution >= 0.6 is 15.9 Å². The maximum absolute atomic E-state index is 5.45. The van der Waals surface area contributed by atoms with E-state index >= 15 is 0 Å². The van der Waals surface area contributed by atoms with Crippen molar-refractivity contribution in [1.82, 2.24) is 5.32 Å². The van der Waals surface area contributed by atoms with E-state index in [1.807, 2.05) is 6.07 Å². The third-order valence-electron chi connectivity index (χ3n) is 4.23. The molecule has 2 aliphatic rings. The van der Waals surface area contributed by atoms with Crippen LogP contribution in [0.4, 0.5) is 0 Å². The van der Waals surface area contributed by atoms with E-state index in [-0.39, 0.29) is 0 Å². The monoisotopic (exact) mass is 339 g/mol. The zero-order valence-electron chi connectivity index (χ0n) is 11.8. The smallest absolute Gasteiger partial charge is 0.231 e. The van der Waals surface area contributed by atoms with Gasteiger partial charge in [-0.1, -0.05) is 48.0 Å². The lowest BCUT2D eigenvalue weighted by atomic mass is 9.96. The first kappa shape index (κ1) is 14.2. The first-order valence-electron chi connectivity index (χ1n) is 7.64. The fourth-order valence-electron chi connectivity index (χ4n) is 3.01. The molecule has 1 heterocycles. The molecule has 3 rings (SSSR count). The Bertz CT molecular complexity index is 456. The second-order valence-electron chi connectivity index (χ2n) is 5.72. The first-order valence-corrected chi connectivity index (χ1v) is 8.43. The van der Waals surface area contributed by atoms with Crippen LogP contribution in [0, 0.1) is 0 Å². The number of hydrogen-bond acceptors (Lipinski definition) is 3. The van der Waals surface area contributed by atoms with Gasteiger partial charge in [-0.25, -0.2) is 0 Å². The van der Waals surface area contributed by atoms with Crippen LogP contribution in [-0.2, 0) is 6.54 Å². The van der Waals surface area contributed by atoms with Crippen LogP contribution in [0.5, 0.6) is 11.5 Å². The molecule has 0 spiro atoms. The maximum Gasteiger partial charge on any atom is 0.231 e. The Hall–Kier alpha value is -0.740. The van der Waals surface area contributed by atoms with Gasteiger partial charge in [0, 0.05) is 17.1 Å². The lowest BCUT2D eigenvalue weighted by Gasteiger charge is -2.21. The number of fused-ring (bicyclic) bond motifs is 1. The molecule has 0 bridgehead atoms. The van der Waals surface area contributed by atoms with Crippen LogP contribution in [0.25, 0.3) is 0 Å². The molecule has 20 heavy (non-hydrogen) atoms. The Morgan fingerprint density at radius 2 is 1.65 bits per heavy atom. The molecule has 0 atom stereocenters. The quantitative estimate of drug-likeness (QED) is 0.886. The standard InChI is InChI=1S/C16H22BrNO2/c17-14-9-16-15(19-11-20-16)8-12(14)10-18-13-6-4-2-1-3-5-7-13/h8-9,13,18H,1-7,10-11H2. The van der Waals surface area contributed by atoms with Crippen LogP contribution < -0.4 is 14.8 Å². The van der Waals surface area contributed by atoms with Crippen molar-refractivity contribution in [2.45, 2.75) is 57.5 Å². The largest absolute Gasteiger partial charge is 0.454 e. The first-order chi connectivity index (χ1) is 9.83. The molecule has 3 nitrogen and oxygen atoms in total. The molecule has 1 aromatic carbocycles. The van der Waals surface area contributed by atoms with E-state index in [2.05, 4.69) is 27.3 Å². The number of rotatable bonds is 3. The molecule has 1 fully saturated rings. The Morgan fingerprint density at radius 1 is 1.00 bits per heavy atom. The fraction of sp³-hybridized carbons (Fsp3) is 0.625. The Labute approximate surface area is 129 Å². The van der Waals surface area contributed by atoms with Crippen LogP contribution in [0.2, 0.25) is 0 Å². The SMILES string of the molecule is Brc1cc2c(cc1CNC1CCCCCCC1)OCO2. The minimum atomic E-state index is 0.335. The number of halogens is 1. The summed E-state index contributed by atoms with van der Waals surface area (Å²) in [6.45, 7) is 1.23. The summed E-state index contributed by atoms with van der Waals surface area (Å²) in [4.78, 5) is 0. The molecule has 0 saturated heterocycles. The van der Waals surface area contributed by atoms with Gasteiger partial charge in [0.15, 0.2) is 11.5 Å². The van der Waals surface area contributed by atoms with E-state index in [1.54, 1.807) is 0 Å². The van der Waals surface area contributed by atoms with Crippen LogP contribution in [-0.4, -0.2) is 12.8 Å². The Kier molecular flexibility index (Phi) is 4.84. The molecule has 1 aliphatic heterocycles. The molecule has 1 N–H and O–H groups in total. The van der Waals surface area contributed by atoms with Gasteiger partial charge in [0.25, 0.3) is 0 Å². The van der Waals surface area contributed by atoms with Crippen molar-refractivity contribution in [3.05, 3.63) is 22.2 Å². The summed E-state index contributed by atoms with van der Waals surface area (Å²) in [6.07, 6.45) is 9.54. The van der Waals surface area contributed by atoms with Crippen molar-refractivity contribution in [3.63, 3.8) is 0 Å². The van der Waals surface area contributed by atoms with Crippen molar-refractivity contribution in [2.75, 3.05) is 6.79 Å². The number of benzene rings is 1. The van der Waals surface area contributed by atoms with Crippen molar-refractivity contribution >= 4 is 15.9 Å². The molecule has 0 unspecified atom stereocenters. The summed E-state index contributed by atoms with van der Waals surface area (Å²) in [7, 11) is 0. The van der Waals surface area contributed by atoms with E-state index in [9.17, 15) is 0 Å². The van der Waals surface area contributed by atoms with E-state index < -0.39 is 0 Å². The maximum atomic E-state index is 5.45. The highest BCUT2D eigenvalue weighted by Crippen LogP contribution is 2.37.